The zero-order chi connectivity index (χ0) is 11.4. The molecule has 1 saturated heterocycles. The highest BCUT2D eigenvalue weighted by Crippen LogP contribution is 2.15. The average molecular weight is 220 g/mol. The molecule has 4 nitrogen and oxygen atoms in total. The second-order valence-corrected chi connectivity index (χ2v) is 4.21. The molecule has 16 heavy (non-hydrogen) atoms. The molecule has 0 bridgehead atoms. The first-order valence-corrected chi connectivity index (χ1v) is 5.57. The molecule has 1 fully saturated rings. The van der Waals surface area contributed by atoms with E-state index in [2.05, 4.69) is 9.88 Å². The lowest BCUT2D eigenvalue weighted by atomic mass is 10.1. The molecule has 1 aromatic rings. The number of nitrogens with zero attached hydrogens (tertiary/aromatic N) is 2. The molecule has 4 heteroatoms. The number of Topliss-reactive ketones (excluding diaryl/α,β-unsaturated/α-hetero) is 1. The summed E-state index contributed by atoms with van der Waals surface area (Å²) in [6.07, 6.45) is 2.61. The van der Waals surface area contributed by atoms with Gasteiger partial charge >= 0.3 is 0 Å². The van der Waals surface area contributed by atoms with E-state index in [9.17, 15) is 4.79 Å². The summed E-state index contributed by atoms with van der Waals surface area (Å²) in [5.74, 6) is 0.385. The maximum atomic E-state index is 11.8. The Labute approximate surface area is 94.9 Å². The summed E-state index contributed by atoms with van der Waals surface area (Å²) in [6, 6.07) is 5.36. The molecule has 1 aromatic heterocycles. The van der Waals surface area contributed by atoms with Crippen LogP contribution in [0.2, 0.25) is 0 Å². The minimum Gasteiger partial charge on any atom is -0.396 e. The second kappa shape index (κ2) is 5.18. The van der Waals surface area contributed by atoms with Crippen LogP contribution in [0.5, 0.6) is 0 Å². The van der Waals surface area contributed by atoms with E-state index in [1.807, 2.05) is 6.07 Å². The van der Waals surface area contributed by atoms with Crippen molar-refractivity contribution in [1.29, 1.82) is 0 Å². The van der Waals surface area contributed by atoms with E-state index in [-0.39, 0.29) is 12.4 Å². The topological polar surface area (TPSA) is 53.4 Å². The Morgan fingerprint density at radius 1 is 1.56 bits per heavy atom. The predicted octanol–water partition coefficient (Wildman–Crippen LogP) is 0.578. The van der Waals surface area contributed by atoms with Gasteiger partial charge in [-0.25, -0.2) is 0 Å². The summed E-state index contributed by atoms with van der Waals surface area (Å²) >= 11 is 0. The van der Waals surface area contributed by atoms with Gasteiger partial charge in [0.05, 0.1) is 6.54 Å². The molecule has 2 rings (SSSR count). The summed E-state index contributed by atoms with van der Waals surface area (Å²) in [5, 5.41) is 9.01. The van der Waals surface area contributed by atoms with Gasteiger partial charge in [0.15, 0.2) is 5.78 Å². The van der Waals surface area contributed by atoms with E-state index in [1.165, 1.54) is 0 Å². The van der Waals surface area contributed by atoms with Crippen molar-refractivity contribution in [1.82, 2.24) is 9.88 Å². The largest absolute Gasteiger partial charge is 0.396 e. The van der Waals surface area contributed by atoms with Gasteiger partial charge in [-0.2, -0.15) is 0 Å². The first-order chi connectivity index (χ1) is 7.79. The molecule has 0 spiro atoms. The smallest absolute Gasteiger partial charge is 0.195 e. The van der Waals surface area contributed by atoms with Crippen LogP contribution >= 0.6 is 0 Å². The number of hydrogen-bond donors (Lipinski definition) is 1. The number of carbonyl (C=O) groups is 1. The van der Waals surface area contributed by atoms with Gasteiger partial charge in [0.1, 0.15) is 5.69 Å². The highest BCUT2D eigenvalue weighted by molar-refractivity contribution is 5.95. The Kier molecular flexibility index (Phi) is 3.64. The van der Waals surface area contributed by atoms with Crippen molar-refractivity contribution in [3.8, 4) is 0 Å². The van der Waals surface area contributed by atoms with Gasteiger partial charge < -0.3 is 5.11 Å². The van der Waals surface area contributed by atoms with Gasteiger partial charge in [0.25, 0.3) is 0 Å². The minimum absolute atomic E-state index is 0.0548. The highest BCUT2D eigenvalue weighted by atomic mass is 16.3. The monoisotopic (exact) mass is 220 g/mol. The van der Waals surface area contributed by atoms with Crippen molar-refractivity contribution in [2.75, 3.05) is 26.2 Å². The fourth-order valence-electron chi connectivity index (χ4n) is 2.02. The van der Waals surface area contributed by atoms with Gasteiger partial charge in [0.2, 0.25) is 0 Å². The molecule has 1 atom stereocenters. The number of ketones is 1. The lowest BCUT2D eigenvalue weighted by molar-refractivity contribution is 0.0935. The van der Waals surface area contributed by atoms with Crippen LogP contribution in [0.4, 0.5) is 0 Å². The maximum Gasteiger partial charge on any atom is 0.195 e. The van der Waals surface area contributed by atoms with Gasteiger partial charge in [-0.1, -0.05) is 6.07 Å². The molecule has 1 aliphatic rings. The summed E-state index contributed by atoms with van der Waals surface area (Å²) in [7, 11) is 0. The zero-order valence-electron chi connectivity index (χ0n) is 9.17. The molecule has 0 aromatic carbocycles. The molecule has 2 heterocycles. The molecule has 86 valence electrons. The number of aliphatic hydroxyl groups is 1. The Balaban J connectivity index is 1.89. The van der Waals surface area contributed by atoms with Crippen molar-refractivity contribution < 1.29 is 9.90 Å². The average Bonchev–Trinajstić information content (AvgIpc) is 2.78. The summed E-state index contributed by atoms with van der Waals surface area (Å²) < 4.78 is 0. The van der Waals surface area contributed by atoms with Gasteiger partial charge in [-0.15, -0.1) is 0 Å². The van der Waals surface area contributed by atoms with Crippen LogP contribution < -0.4 is 0 Å². The standard InChI is InChI=1S/C12H16N2O2/c15-9-10-4-6-14(7-10)8-12(16)11-3-1-2-5-13-11/h1-3,5,10,15H,4,6-9H2. The zero-order valence-corrected chi connectivity index (χ0v) is 9.17. The first-order valence-electron chi connectivity index (χ1n) is 5.57. The molecule has 0 saturated carbocycles. The van der Waals surface area contributed by atoms with Crippen LogP contribution in [0, 0.1) is 5.92 Å². The van der Waals surface area contributed by atoms with Crippen molar-refractivity contribution in [3.63, 3.8) is 0 Å². The van der Waals surface area contributed by atoms with Crippen molar-refractivity contribution in [3.05, 3.63) is 30.1 Å². The Bertz CT molecular complexity index is 353. The van der Waals surface area contributed by atoms with Crippen LogP contribution in [-0.2, 0) is 0 Å². The van der Waals surface area contributed by atoms with Crippen LogP contribution in [0.3, 0.4) is 0 Å². The number of likely N-dealkylation sites (tertiary alicyclic amines) is 1. The van der Waals surface area contributed by atoms with E-state index in [0.29, 0.717) is 18.2 Å². The fourth-order valence-corrected chi connectivity index (χ4v) is 2.02. The number of rotatable bonds is 4. The highest BCUT2D eigenvalue weighted by Gasteiger charge is 2.23. The molecule has 1 unspecified atom stereocenters. The quantitative estimate of drug-likeness (QED) is 0.754. The van der Waals surface area contributed by atoms with E-state index < -0.39 is 0 Å². The van der Waals surface area contributed by atoms with Crippen molar-refractivity contribution in [2.45, 2.75) is 6.42 Å². The van der Waals surface area contributed by atoms with Gasteiger partial charge in [0, 0.05) is 19.3 Å². The van der Waals surface area contributed by atoms with E-state index in [4.69, 9.17) is 5.11 Å². The number of pyridine rings is 1. The third-order valence-electron chi connectivity index (χ3n) is 2.95. The molecule has 1 N–H and O–H groups in total. The first kappa shape index (κ1) is 11.2. The molecule has 1 aliphatic heterocycles. The minimum atomic E-state index is 0.0548. The molecule has 0 aliphatic carbocycles. The summed E-state index contributed by atoms with van der Waals surface area (Å²) in [4.78, 5) is 17.9. The van der Waals surface area contributed by atoms with Crippen LogP contribution in [0.15, 0.2) is 24.4 Å². The molecule has 0 amide bonds. The fraction of sp³-hybridized carbons (Fsp3) is 0.500. The molecular weight excluding hydrogens is 204 g/mol. The molecular formula is C12H16N2O2. The van der Waals surface area contributed by atoms with E-state index >= 15 is 0 Å². The Morgan fingerprint density at radius 3 is 3.06 bits per heavy atom. The molecule has 0 radical (unpaired) electrons. The van der Waals surface area contributed by atoms with Crippen LogP contribution in [0.25, 0.3) is 0 Å². The van der Waals surface area contributed by atoms with Gasteiger partial charge in [-0.3, -0.25) is 14.7 Å². The lowest BCUT2D eigenvalue weighted by Gasteiger charge is -2.13. The Morgan fingerprint density at radius 2 is 2.44 bits per heavy atom. The predicted molar refractivity (Wildman–Crippen MR) is 60.2 cm³/mol. The second-order valence-electron chi connectivity index (χ2n) is 4.21. The number of aliphatic hydroxyl groups excluding tert-OH is 1. The number of aromatic nitrogens is 1. The summed E-state index contributed by atoms with van der Waals surface area (Å²) in [6.45, 7) is 2.33. The third-order valence-corrected chi connectivity index (χ3v) is 2.95. The van der Waals surface area contributed by atoms with E-state index in [1.54, 1.807) is 18.3 Å². The summed E-state index contributed by atoms with van der Waals surface area (Å²) in [5.41, 5.74) is 0.523. The SMILES string of the molecule is O=C(CN1CCC(CO)C1)c1ccccn1. The normalized spacial score (nSPS) is 21.2. The third kappa shape index (κ3) is 2.65. The maximum absolute atomic E-state index is 11.8. The number of hydrogen-bond acceptors (Lipinski definition) is 4. The van der Waals surface area contributed by atoms with Crippen molar-refractivity contribution >= 4 is 5.78 Å². The lowest BCUT2D eigenvalue weighted by Crippen LogP contribution is -2.28. The van der Waals surface area contributed by atoms with Crippen LogP contribution in [0.1, 0.15) is 16.9 Å². The van der Waals surface area contributed by atoms with Gasteiger partial charge in [-0.05, 0) is 31.0 Å². The van der Waals surface area contributed by atoms with Crippen molar-refractivity contribution in [2.24, 2.45) is 5.92 Å². The van der Waals surface area contributed by atoms with E-state index in [0.717, 1.165) is 19.5 Å². The number of carbonyl (C=O) groups excluding carboxylic acids is 1. The Hall–Kier alpha value is -1.26. The van der Waals surface area contributed by atoms with Crippen LogP contribution in [-0.4, -0.2) is 47.0 Å².